The second kappa shape index (κ2) is 6.49. The third-order valence-corrected chi connectivity index (χ3v) is 4.36. The summed E-state index contributed by atoms with van der Waals surface area (Å²) in [6, 6.07) is 15.7. The summed E-state index contributed by atoms with van der Waals surface area (Å²) in [6.07, 6.45) is 0. The van der Waals surface area contributed by atoms with Crippen LogP contribution < -0.4 is 5.73 Å². The molecule has 1 aromatic heterocycles. The van der Waals surface area contributed by atoms with Crippen LogP contribution in [0.5, 0.6) is 0 Å². The molecule has 1 heterocycles. The van der Waals surface area contributed by atoms with Crippen LogP contribution in [0.25, 0.3) is 11.3 Å². The Bertz CT molecular complexity index is 897. The highest BCUT2D eigenvalue weighted by atomic mass is 35.5. The van der Waals surface area contributed by atoms with E-state index in [0.717, 1.165) is 22.4 Å². The number of nitrogens with zero attached hydrogens (tertiary/aromatic N) is 2. The van der Waals surface area contributed by atoms with Gasteiger partial charge in [-0.15, -0.1) is 0 Å². The monoisotopic (exact) mass is 339 g/mol. The van der Waals surface area contributed by atoms with E-state index >= 15 is 0 Å². The van der Waals surface area contributed by atoms with Crippen LogP contribution in [-0.2, 0) is 6.54 Å². The maximum absolute atomic E-state index is 11.5. The van der Waals surface area contributed by atoms with Gasteiger partial charge in [0.2, 0.25) is 0 Å². The lowest BCUT2D eigenvalue weighted by Gasteiger charge is -2.09. The van der Waals surface area contributed by atoms with E-state index in [2.05, 4.69) is 29.4 Å². The molecule has 24 heavy (non-hydrogen) atoms. The Hall–Kier alpha value is -2.59. The lowest BCUT2D eigenvalue weighted by Crippen LogP contribution is -2.12. The van der Waals surface area contributed by atoms with Gasteiger partial charge in [0.15, 0.2) is 5.69 Å². The molecule has 2 N–H and O–H groups in total. The van der Waals surface area contributed by atoms with E-state index in [1.807, 2.05) is 32.0 Å². The van der Waals surface area contributed by atoms with Crippen LogP contribution in [-0.4, -0.2) is 15.7 Å². The van der Waals surface area contributed by atoms with Crippen molar-refractivity contribution in [1.82, 2.24) is 9.78 Å². The van der Waals surface area contributed by atoms with Gasteiger partial charge in [-0.1, -0.05) is 47.5 Å². The Morgan fingerprint density at radius 1 is 1.12 bits per heavy atom. The lowest BCUT2D eigenvalue weighted by atomic mass is 10.1. The first-order valence-corrected chi connectivity index (χ1v) is 8.01. The summed E-state index contributed by atoms with van der Waals surface area (Å²) in [5.74, 6) is -0.537. The first-order valence-electron chi connectivity index (χ1n) is 7.64. The van der Waals surface area contributed by atoms with Gasteiger partial charge in [0.1, 0.15) is 0 Å². The average molecular weight is 340 g/mol. The SMILES string of the molecule is Cc1ccc(Cn2nc(C(N)=O)cc2-c2ccc(Cl)c(C)c2)cc1. The quantitative estimate of drug-likeness (QED) is 0.781. The maximum atomic E-state index is 11.5. The number of benzene rings is 2. The van der Waals surface area contributed by atoms with Crippen molar-refractivity contribution in [2.75, 3.05) is 0 Å². The van der Waals surface area contributed by atoms with Crippen molar-refractivity contribution in [2.24, 2.45) is 5.73 Å². The number of hydrogen-bond acceptors (Lipinski definition) is 2. The van der Waals surface area contributed by atoms with Crippen LogP contribution in [0.15, 0.2) is 48.5 Å². The number of halogens is 1. The minimum Gasteiger partial charge on any atom is -0.364 e. The molecular weight excluding hydrogens is 322 g/mol. The molecule has 0 spiro atoms. The first kappa shape index (κ1) is 16.3. The zero-order valence-electron chi connectivity index (χ0n) is 13.6. The summed E-state index contributed by atoms with van der Waals surface area (Å²) in [6.45, 7) is 4.55. The molecule has 5 heteroatoms. The summed E-state index contributed by atoms with van der Waals surface area (Å²) in [5.41, 5.74) is 10.7. The number of amides is 1. The molecule has 0 saturated carbocycles. The number of rotatable bonds is 4. The van der Waals surface area contributed by atoms with Gasteiger partial charge in [-0.25, -0.2) is 0 Å². The number of aryl methyl sites for hydroxylation is 2. The van der Waals surface area contributed by atoms with Crippen LogP contribution in [0.1, 0.15) is 27.2 Å². The summed E-state index contributed by atoms with van der Waals surface area (Å²) in [5, 5.41) is 5.07. The van der Waals surface area contributed by atoms with Gasteiger partial charge in [0.25, 0.3) is 5.91 Å². The van der Waals surface area contributed by atoms with Gasteiger partial charge >= 0.3 is 0 Å². The number of hydrogen-bond donors (Lipinski definition) is 1. The van der Waals surface area contributed by atoms with Crippen molar-refractivity contribution in [3.8, 4) is 11.3 Å². The van der Waals surface area contributed by atoms with Gasteiger partial charge in [-0.2, -0.15) is 5.10 Å². The normalized spacial score (nSPS) is 10.8. The van der Waals surface area contributed by atoms with Crippen molar-refractivity contribution >= 4 is 17.5 Å². The molecule has 0 atom stereocenters. The van der Waals surface area contributed by atoms with Gasteiger partial charge in [-0.05, 0) is 43.2 Å². The van der Waals surface area contributed by atoms with E-state index in [9.17, 15) is 4.79 Å². The van der Waals surface area contributed by atoms with Crippen molar-refractivity contribution < 1.29 is 4.79 Å². The summed E-state index contributed by atoms with van der Waals surface area (Å²) >= 11 is 6.11. The van der Waals surface area contributed by atoms with Gasteiger partial charge in [0, 0.05) is 10.6 Å². The first-order chi connectivity index (χ1) is 11.4. The molecule has 0 bridgehead atoms. The maximum Gasteiger partial charge on any atom is 0.269 e. The van der Waals surface area contributed by atoms with Crippen molar-refractivity contribution in [2.45, 2.75) is 20.4 Å². The summed E-state index contributed by atoms with van der Waals surface area (Å²) in [4.78, 5) is 11.5. The zero-order valence-corrected chi connectivity index (χ0v) is 14.3. The highest BCUT2D eigenvalue weighted by molar-refractivity contribution is 6.31. The van der Waals surface area contributed by atoms with E-state index in [4.69, 9.17) is 17.3 Å². The van der Waals surface area contributed by atoms with Gasteiger partial charge in [-0.3, -0.25) is 9.48 Å². The molecule has 3 rings (SSSR count). The van der Waals surface area contributed by atoms with Crippen LogP contribution in [0.3, 0.4) is 0 Å². The molecule has 2 aromatic carbocycles. The third-order valence-electron chi connectivity index (χ3n) is 3.94. The standard InChI is InChI=1S/C19H18ClN3O/c1-12-3-5-14(6-4-12)11-23-18(10-17(22-23)19(21)24)15-7-8-16(20)13(2)9-15/h3-10H,11H2,1-2H3,(H2,21,24). The Balaban J connectivity index is 2.05. The Labute approximate surface area is 145 Å². The topological polar surface area (TPSA) is 60.9 Å². The Kier molecular flexibility index (Phi) is 4.40. The fourth-order valence-electron chi connectivity index (χ4n) is 2.56. The molecule has 0 aliphatic heterocycles. The summed E-state index contributed by atoms with van der Waals surface area (Å²) in [7, 11) is 0. The third kappa shape index (κ3) is 3.34. The molecule has 0 aliphatic carbocycles. The molecule has 0 fully saturated rings. The molecule has 0 radical (unpaired) electrons. The van der Waals surface area contributed by atoms with Crippen LogP contribution in [0.2, 0.25) is 5.02 Å². The highest BCUT2D eigenvalue weighted by Crippen LogP contribution is 2.26. The molecule has 4 nitrogen and oxygen atoms in total. The summed E-state index contributed by atoms with van der Waals surface area (Å²) < 4.78 is 1.80. The molecule has 1 amide bonds. The molecule has 0 unspecified atom stereocenters. The van der Waals surface area contributed by atoms with Gasteiger partial charge < -0.3 is 5.73 Å². The smallest absolute Gasteiger partial charge is 0.269 e. The van der Waals surface area contributed by atoms with Crippen molar-refractivity contribution in [3.63, 3.8) is 0 Å². The van der Waals surface area contributed by atoms with E-state index in [-0.39, 0.29) is 5.69 Å². The fraction of sp³-hybridized carbons (Fsp3) is 0.158. The average Bonchev–Trinajstić information content (AvgIpc) is 2.96. The number of primary amides is 1. The zero-order chi connectivity index (χ0) is 17.3. The Morgan fingerprint density at radius 2 is 1.83 bits per heavy atom. The van der Waals surface area contributed by atoms with E-state index in [1.54, 1.807) is 10.7 Å². The minimum absolute atomic E-state index is 0.254. The largest absolute Gasteiger partial charge is 0.364 e. The van der Waals surface area contributed by atoms with Gasteiger partial charge in [0.05, 0.1) is 12.2 Å². The second-order valence-corrected chi connectivity index (χ2v) is 6.29. The number of carbonyl (C=O) groups is 1. The number of nitrogens with two attached hydrogens (primary N) is 1. The number of aromatic nitrogens is 2. The van der Waals surface area contributed by atoms with Crippen LogP contribution in [0.4, 0.5) is 0 Å². The predicted molar refractivity (Wildman–Crippen MR) is 96.2 cm³/mol. The van der Waals surface area contributed by atoms with Crippen LogP contribution >= 0.6 is 11.6 Å². The lowest BCUT2D eigenvalue weighted by molar-refractivity contribution is 0.0995. The highest BCUT2D eigenvalue weighted by Gasteiger charge is 2.14. The van der Waals surface area contributed by atoms with E-state index in [1.165, 1.54) is 5.56 Å². The van der Waals surface area contributed by atoms with Crippen molar-refractivity contribution in [1.29, 1.82) is 0 Å². The molecule has 122 valence electrons. The van der Waals surface area contributed by atoms with E-state index in [0.29, 0.717) is 11.6 Å². The van der Waals surface area contributed by atoms with E-state index < -0.39 is 5.91 Å². The molecule has 0 aliphatic rings. The minimum atomic E-state index is -0.537. The van der Waals surface area contributed by atoms with Crippen LogP contribution in [0, 0.1) is 13.8 Å². The fourth-order valence-corrected chi connectivity index (χ4v) is 2.68. The predicted octanol–water partition coefficient (Wildman–Crippen LogP) is 3.97. The molecule has 3 aromatic rings. The second-order valence-electron chi connectivity index (χ2n) is 5.89. The van der Waals surface area contributed by atoms with Crippen molar-refractivity contribution in [3.05, 3.63) is 75.9 Å². The number of carbonyl (C=O) groups excluding carboxylic acids is 1. The molecular formula is C19H18ClN3O. The molecule has 0 saturated heterocycles. The Morgan fingerprint density at radius 3 is 2.46 bits per heavy atom.